The molecule has 1 aromatic rings. The molecule has 0 spiro atoms. The van der Waals surface area contributed by atoms with E-state index in [-0.39, 0.29) is 0 Å². The fourth-order valence-electron chi connectivity index (χ4n) is 3.02. The summed E-state index contributed by atoms with van der Waals surface area (Å²) in [7, 11) is 0. The highest BCUT2D eigenvalue weighted by molar-refractivity contribution is 5.21. The SMILES string of the molecule is CC(C)N1CC(Oc2ccccc2)CC1C(C)(C)C. The van der Waals surface area contributed by atoms with Crippen LogP contribution in [-0.2, 0) is 0 Å². The Hall–Kier alpha value is -1.02. The van der Waals surface area contributed by atoms with Crippen LogP contribution in [0.15, 0.2) is 30.3 Å². The third-order valence-corrected chi connectivity index (χ3v) is 4.01. The third-order valence-electron chi connectivity index (χ3n) is 4.01. The Morgan fingerprint density at radius 3 is 2.26 bits per heavy atom. The molecule has 0 saturated carbocycles. The fourth-order valence-corrected chi connectivity index (χ4v) is 3.02. The van der Waals surface area contributed by atoms with Crippen LogP contribution in [0.1, 0.15) is 41.0 Å². The van der Waals surface area contributed by atoms with Gasteiger partial charge in [0.15, 0.2) is 0 Å². The molecule has 106 valence electrons. The van der Waals surface area contributed by atoms with Crippen molar-refractivity contribution in [3.63, 3.8) is 0 Å². The van der Waals surface area contributed by atoms with Crippen molar-refractivity contribution in [1.82, 2.24) is 4.90 Å². The Balaban J connectivity index is 2.06. The van der Waals surface area contributed by atoms with Gasteiger partial charge in [0.05, 0.1) is 0 Å². The van der Waals surface area contributed by atoms with Crippen molar-refractivity contribution < 1.29 is 4.74 Å². The van der Waals surface area contributed by atoms with Gasteiger partial charge in [0.1, 0.15) is 11.9 Å². The Kier molecular flexibility index (Phi) is 4.19. The van der Waals surface area contributed by atoms with Gasteiger partial charge in [-0.2, -0.15) is 0 Å². The summed E-state index contributed by atoms with van der Waals surface area (Å²) in [5, 5.41) is 0. The maximum atomic E-state index is 6.14. The highest BCUT2D eigenvalue weighted by Gasteiger charge is 2.41. The molecule has 0 amide bonds. The molecule has 1 aliphatic rings. The minimum absolute atomic E-state index is 0.305. The Bertz CT molecular complexity index is 393. The molecule has 1 saturated heterocycles. The zero-order chi connectivity index (χ0) is 14.0. The molecule has 1 fully saturated rings. The average Bonchev–Trinajstić information content (AvgIpc) is 2.74. The van der Waals surface area contributed by atoms with Crippen LogP contribution in [0.3, 0.4) is 0 Å². The monoisotopic (exact) mass is 261 g/mol. The van der Waals surface area contributed by atoms with Gasteiger partial charge in [0.25, 0.3) is 0 Å². The number of likely N-dealkylation sites (tertiary alicyclic amines) is 1. The molecule has 1 aliphatic heterocycles. The molecule has 2 nitrogen and oxygen atoms in total. The molecule has 1 heterocycles. The quantitative estimate of drug-likeness (QED) is 0.816. The van der Waals surface area contributed by atoms with Crippen LogP contribution in [0.5, 0.6) is 5.75 Å². The molecule has 0 aromatic heterocycles. The van der Waals surface area contributed by atoms with Crippen molar-refractivity contribution in [3.8, 4) is 5.75 Å². The predicted octanol–water partition coefficient (Wildman–Crippen LogP) is 3.96. The molecule has 2 rings (SSSR count). The van der Waals surface area contributed by atoms with Gasteiger partial charge < -0.3 is 4.74 Å². The number of hydrogen-bond donors (Lipinski definition) is 0. The number of benzene rings is 1. The van der Waals surface area contributed by atoms with Gasteiger partial charge in [-0.25, -0.2) is 0 Å². The zero-order valence-corrected chi connectivity index (χ0v) is 12.9. The van der Waals surface area contributed by atoms with Crippen LogP contribution in [0.25, 0.3) is 0 Å². The standard InChI is InChI=1S/C17H27NO/c1-13(2)18-12-15(11-16(18)17(3,4)5)19-14-9-7-6-8-10-14/h6-10,13,15-16H,11-12H2,1-5H3. The van der Waals surface area contributed by atoms with E-state index in [4.69, 9.17) is 4.74 Å². The molecule has 2 unspecified atom stereocenters. The van der Waals surface area contributed by atoms with Gasteiger partial charge in [0, 0.05) is 25.0 Å². The Labute approximate surface area is 117 Å². The summed E-state index contributed by atoms with van der Waals surface area (Å²) in [5.74, 6) is 0.991. The zero-order valence-electron chi connectivity index (χ0n) is 12.9. The van der Waals surface area contributed by atoms with Gasteiger partial charge in [-0.15, -0.1) is 0 Å². The first kappa shape index (κ1) is 14.4. The van der Waals surface area contributed by atoms with Crippen molar-refractivity contribution in [3.05, 3.63) is 30.3 Å². The molecule has 2 atom stereocenters. The molecule has 0 aliphatic carbocycles. The molecule has 19 heavy (non-hydrogen) atoms. The first-order chi connectivity index (χ1) is 8.88. The first-order valence-electron chi connectivity index (χ1n) is 7.35. The summed E-state index contributed by atoms with van der Waals surface area (Å²) < 4.78 is 6.14. The maximum absolute atomic E-state index is 6.14. The number of nitrogens with zero attached hydrogens (tertiary/aromatic N) is 1. The molecule has 0 bridgehead atoms. The van der Waals surface area contributed by atoms with Crippen molar-refractivity contribution in [2.24, 2.45) is 5.41 Å². The number of hydrogen-bond acceptors (Lipinski definition) is 2. The minimum Gasteiger partial charge on any atom is -0.489 e. The van der Waals surface area contributed by atoms with Crippen LogP contribution in [0.2, 0.25) is 0 Å². The first-order valence-corrected chi connectivity index (χ1v) is 7.35. The molecule has 1 aromatic carbocycles. The van der Waals surface area contributed by atoms with E-state index < -0.39 is 0 Å². The maximum Gasteiger partial charge on any atom is 0.119 e. The smallest absolute Gasteiger partial charge is 0.119 e. The summed E-state index contributed by atoms with van der Waals surface area (Å²) in [5.41, 5.74) is 0.305. The molecule has 2 heteroatoms. The van der Waals surface area contributed by atoms with E-state index in [1.54, 1.807) is 0 Å². The van der Waals surface area contributed by atoms with Crippen LogP contribution in [-0.4, -0.2) is 29.6 Å². The lowest BCUT2D eigenvalue weighted by molar-refractivity contribution is 0.110. The van der Waals surface area contributed by atoms with Crippen molar-refractivity contribution in [1.29, 1.82) is 0 Å². The van der Waals surface area contributed by atoms with Gasteiger partial charge in [0.2, 0.25) is 0 Å². The molecule has 0 N–H and O–H groups in total. The number of ether oxygens (including phenoxy) is 1. The van der Waals surface area contributed by atoms with E-state index >= 15 is 0 Å². The summed E-state index contributed by atoms with van der Waals surface area (Å²) in [4.78, 5) is 2.59. The fraction of sp³-hybridized carbons (Fsp3) is 0.647. The van der Waals surface area contributed by atoms with E-state index in [1.165, 1.54) is 0 Å². The van der Waals surface area contributed by atoms with E-state index in [1.807, 2.05) is 30.3 Å². The second kappa shape index (κ2) is 5.54. The summed E-state index contributed by atoms with van der Waals surface area (Å²) in [6.45, 7) is 12.6. The van der Waals surface area contributed by atoms with Gasteiger partial charge in [-0.1, -0.05) is 39.0 Å². The van der Waals surface area contributed by atoms with E-state index in [9.17, 15) is 0 Å². The van der Waals surface area contributed by atoms with Crippen molar-refractivity contribution in [2.45, 2.75) is 59.2 Å². The lowest BCUT2D eigenvalue weighted by Gasteiger charge is -2.37. The largest absolute Gasteiger partial charge is 0.489 e. The molecule has 0 radical (unpaired) electrons. The van der Waals surface area contributed by atoms with Gasteiger partial charge >= 0.3 is 0 Å². The number of para-hydroxylation sites is 1. The highest BCUT2D eigenvalue weighted by Crippen LogP contribution is 2.35. The Morgan fingerprint density at radius 1 is 1.16 bits per heavy atom. The Morgan fingerprint density at radius 2 is 1.79 bits per heavy atom. The van der Waals surface area contributed by atoms with Crippen LogP contribution in [0, 0.1) is 5.41 Å². The lowest BCUT2D eigenvalue weighted by atomic mass is 9.84. The van der Waals surface area contributed by atoms with Crippen LogP contribution < -0.4 is 4.74 Å². The van der Waals surface area contributed by atoms with Crippen LogP contribution in [0.4, 0.5) is 0 Å². The predicted molar refractivity (Wildman–Crippen MR) is 80.6 cm³/mol. The van der Waals surface area contributed by atoms with E-state index in [2.05, 4.69) is 39.5 Å². The van der Waals surface area contributed by atoms with Crippen molar-refractivity contribution >= 4 is 0 Å². The lowest BCUT2D eigenvalue weighted by Crippen LogP contribution is -2.43. The van der Waals surface area contributed by atoms with Gasteiger partial charge in [-0.3, -0.25) is 4.90 Å². The summed E-state index contributed by atoms with van der Waals surface area (Å²) in [6.07, 6.45) is 1.44. The molecular formula is C17H27NO. The second-order valence-corrected chi connectivity index (χ2v) is 6.96. The van der Waals surface area contributed by atoms with E-state index in [0.717, 1.165) is 18.7 Å². The third kappa shape index (κ3) is 3.50. The highest BCUT2D eigenvalue weighted by atomic mass is 16.5. The summed E-state index contributed by atoms with van der Waals surface area (Å²) >= 11 is 0. The summed E-state index contributed by atoms with van der Waals surface area (Å²) in [6, 6.07) is 11.4. The topological polar surface area (TPSA) is 12.5 Å². The van der Waals surface area contributed by atoms with Crippen LogP contribution >= 0.6 is 0 Å². The number of rotatable bonds is 3. The van der Waals surface area contributed by atoms with Gasteiger partial charge in [-0.05, 0) is 31.4 Å². The van der Waals surface area contributed by atoms with Crippen molar-refractivity contribution in [2.75, 3.05) is 6.54 Å². The average molecular weight is 261 g/mol. The second-order valence-electron chi connectivity index (χ2n) is 6.96. The normalized spacial score (nSPS) is 24.9. The minimum atomic E-state index is 0.305. The van der Waals surface area contributed by atoms with E-state index in [0.29, 0.717) is 23.6 Å². The molecular weight excluding hydrogens is 234 g/mol.